The molecule has 2 aromatic rings. The monoisotopic (exact) mass is 953 g/mol. The first-order chi connectivity index (χ1) is 35.4. The minimum absolute atomic E-state index is 0.0202. The average Bonchev–Trinajstić information content (AvgIpc) is 3.39. The number of carbonyl (C=O) groups excluding carboxylic acids is 1. The van der Waals surface area contributed by atoms with Crippen molar-refractivity contribution in [2.45, 2.75) is 142 Å². The number of aliphatic hydroxyl groups excluding tert-OH is 1. The molecule has 1 amide bonds. The smallest absolute Gasteiger partial charge is 0.297 e. The summed E-state index contributed by atoms with van der Waals surface area (Å²) in [5, 5.41) is 14.3. The van der Waals surface area contributed by atoms with E-state index in [2.05, 4.69) is 168 Å². The first kappa shape index (κ1) is 58.5. The van der Waals surface area contributed by atoms with Crippen LogP contribution >= 0.6 is 0 Å². The first-order valence-corrected chi connectivity index (χ1v) is 24.5. The van der Waals surface area contributed by atoms with Crippen LogP contribution in [0, 0.1) is 154 Å². The molecule has 1 heterocycles. The maximum Gasteiger partial charge on any atom is 0.297 e. The second kappa shape index (κ2) is 40.0. The van der Waals surface area contributed by atoms with Gasteiger partial charge in [0.15, 0.2) is 6.29 Å². The molecule has 1 saturated heterocycles. The number of carbonyl (C=O) groups is 1. The molecule has 2 unspecified atom stereocenters. The second-order valence-electron chi connectivity index (χ2n) is 16.5. The Balaban J connectivity index is 1.66. The zero-order valence-corrected chi connectivity index (χ0v) is 42.1. The van der Waals surface area contributed by atoms with Crippen LogP contribution in [0.1, 0.15) is 109 Å². The maximum absolute atomic E-state index is 13.2. The van der Waals surface area contributed by atoms with Crippen molar-refractivity contribution in [3.05, 3.63) is 83.9 Å². The molecule has 1 aliphatic rings. The van der Waals surface area contributed by atoms with Gasteiger partial charge < -0.3 is 29.4 Å². The number of hydrogen-bond acceptors (Lipinski definition) is 6. The van der Waals surface area contributed by atoms with Crippen LogP contribution in [0.4, 0.5) is 0 Å². The third-order valence-corrected chi connectivity index (χ3v) is 11.0. The number of nitrogens with one attached hydrogen (secondary N) is 1. The van der Waals surface area contributed by atoms with Crippen molar-refractivity contribution in [1.29, 1.82) is 0 Å². The van der Waals surface area contributed by atoms with Gasteiger partial charge in [-0.1, -0.05) is 157 Å². The fourth-order valence-electron chi connectivity index (χ4n) is 6.97. The topological polar surface area (TPSA) is 86.3 Å². The quantitative estimate of drug-likeness (QED) is 0.0624. The van der Waals surface area contributed by atoms with E-state index in [-0.39, 0.29) is 24.5 Å². The standard InChI is InChI=1S/C65H63NO6/c1-5-7-9-11-13-15-17-19-20-21-22-23-24-25-26-27-28-29-31-33-35-37-45-51-63(68)66-60(61(67)50-44-36-34-32-30-18-16-14-12-10-8-6-2)54-71-65-64(70-53-59-48-42-39-43-49-59)57(4)56(3)62(72-65)55-69-52-58-46-40-38-41-47-58/h38-44,46-50,56-57,60-62,64-65,67H,6,8,10,12,14,16,18,30,32,34,36,52-55H2,1-4H3,(H,66,68)/b50-44+/t56-,57+,60+,61-,62?,64?,65-/m1/s1. The van der Waals surface area contributed by atoms with Crippen LogP contribution in [0.25, 0.3) is 0 Å². The van der Waals surface area contributed by atoms with E-state index in [1.54, 1.807) is 13.0 Å². The number of rotatable bonds is 24. The Morgan fingerprint density at radius 1 is 0.611 bits per heavy atom. The summed E-state index contributed by atoms with van der Waals surface area (Å²) in [6.45, 7) is 9.27. The molecule has 0 aromatic heterocycles. The van der Waals surface area contributed by atoms with Crippen LogP contribution in [0.2, 0.25) is 0 Å². The number of unbranched alkanes of at least 4 members (excludes halogenated alkanes) is 10. The number of benzene rings is 2. The second-order valence-corrected chi connectivity index (χ2v) is 16.5. The van der Waals surface area contributed by atoms with Gasteiger partial charge in [-0.3, -0.25) is 4.79 Å². The number of aliphatic hydroxyl groups is 1. The summed E-state index contributed by atoms with van der Waals surface area (Å²) >= 11 is 0. The average molecular weight is 954 g/mol. The zero-order valence-electron chi connectivity index (χ0n) is 42.1. The van der Waals surface area contributed by atoms with Crippen LogP contribution in [0.15, 0.2) is 72.8 Å². The highest BCUT2D eigenvalue weighted by atomic mass is 16.7. The molecule has 3 rings (SSSR count). The third-order valence-electron chi connectivity index (χ3n) is 11.0. The van der Waals surface area contributed by atoms with Gasteiger partial charge >= 0.3 is 0 Å². The van der Waals surface area contributed by atoms with Crippen molar-refractivity contribution in [2.75, 3.05) is 13.2 Å². The van der Waals surface area contributed by atoms with Gasteiger partial charge in [0.25, 0.3) is 5.91 Å². The van der Waals surface area contributed by atoms with Gasteiger partial charge in [0, 0.05) is 41.4 Å². The summed E-state index contributed by atoms with van der Waals surface area (Å²) in [6.07, 6.45) is 14.3. The summed E-state index contributed by atoms with van der Waals surface area (Å²) < 4.78 is 25.8. The predicted octanol–water partition coefficient (Wildman–Crippen LogP) is 8.58. The van der Waals surface area contributed by atoms with E-state index >= 15 is 0 Å². The van der Waals surface area contributed by atoms with E-state index in [4.69, 9.17) is 18.9 Å². The summed E-state index contributed by atoms with van der Waals surface area (Å²) in [5.74, 6) is 60.4. The molecule has 364 valence electrons. The lowest BCUT2D eigenvalue weighted by Crippen LogP contribution is -2.54. The molecule has 0 saturated carbocycles. The molecule has 0 bridgehead atoms. The Hall–Kier alpha value is -7.83. The fourth-order valence-corrected chi connectivity index (χ4v) is 6.97. The lowest BCUT2D eigenvalue weighted by molar-refractivity contribution is -0.291. The summed E-state index contributed by atoms with van der Waals surface area (Å²) in [5.41, 5.74) is 2.09. The Kier molecular flexibility index (Phi) is 32.5. The van der Waals surface area contributed by atoms with Crippen LogP contribution in [0.5, 0.6) is 0 Å². The predicted molar refractivity (Wildman–Crippen MR) is 287 cm³/mol. The van der Waals surface area contributed by atoms with Gasteiger partial charge in [-0.25, -0.2) is 0 Å². The number of amides is 1. The fraction of sp³-hybridized carbons (Fsp3) is 0.400. The van der Waals surface area contributed by atoms with Gasteiger partial charge in [0.1, 0.15) is 6.10 Å². The Morgan fingerprint density at radius 3 is 1.57 bits per heavy atom. The van der Waals surface area contributed by atoms with E-state index in [0.717, 1.165) is 30.4 Å². The van der Waals surface area contributed by atoms with Crippen LogP contribution < -0.4 is 5.32 Å². The molecule has 0 spiro atoms. The van der Waals surface area contributed by atoms with Crippen LogP contribution in [0.3, 0.4) is 0 Å². The van der Waals surface area contributed by atoms with Crippen molar-refractivity contribution in [2.24, 2.45) is 11.8 Å². The number of allylic oxidation sites excluding steroid dienone is 1. The number of hydrogen-bond donors (Lipinski definition) is 2. The lowest BCUT2D eigenvalue weighted by Gasteiger charge is -2.44. The number of ether oxygens (including phenoxy) is 4. The highest BCUT2D eigenvalue weighted by Crippen LogP contribution is 2.34. The summed E-state index contributed by atoms with van der Waals surface area (Å²) in [4.78, 5) is 13.2. The van der Waals surface area contributed by atoms with Crippen molar-refractivity contribution < 1.29 is 28.8 Å². The van der Waals surface area contributed by atoms with Crippen LogP contribution in [-0.4, -0.2) is 54.9 Å². The van der Waals surface area contributed by atoms with Gasteiger partial charge in [-0.15, -0.1) is 0 Å². The van der Waals surface area contributed by atoms with E-state index in [1.807, 2.05) is 66.7 Å². The summed E-state index contributed by atoms with van der Waals surface area (Å²) in [6, 6.07) is 19.1. The van der Waals surface area contributed by atoms with E-state index in [1.165, 1.54) is 51.4 Å². The summed E-state index contributed by atoms with van der Waals surface area (Å²) in [7, 11) is 0. The van der Waals surface area contributed by atoms with Crippen LogP contribution in [-0.2, 0) is 37.0 Å². The van der Waals surface area contributed by atoms with Gasteiger partial charge in [-0.2, -0.15) is 0 Å². The normalized spacial score (nSPS) is 16.3. The molecule has 7 nitrogen and oxygen atoms in total. The van der Waals surface area contributed by atoms with Crippen molar-refractivity contribution in [1.82, 2.24) is 5.32 Å². The molecule has 2 aromatic carbocycles. The molecule has 7 heteroatoms. The van der Waals surface area contributed by atoms with Gasteiger partial charge in [-0.05, 0) is 137 Å². The third kappa shape index (κ3) is 28.0. The molecule has 2 N–H and O–H groups in total. The molecule has 1 aliphatic heterocycles. The van der Waals surface area contributed by atoms with Crippen molar-refractivity contribution in [3.63, 3.8) is 0 Å². The highest BCUT2D eigenvalue weighted by molar-refractivity contribution is 5.94. The Labute approximate surface area is 431 Å². The van der Waals surface area contributed by atoms with E-state index in [9.17, 15) is 9.90 Å². The van der Waals surface area contributed by atoms with Crippen molar-refractivity contribution in [3.8, 4) is 142 Å². The Morgan fingerprint density at radius 2 is 1.07 bits per heavy atom. The molecule has 7 atom stereocenters. The van der Waals surface area contributed by atoms with Gasteiger partial charge in [0.05, 0.1) is 44.7 Å². The molecule has 1 fully saturated rings. The minimum atomic E-state index is -1.08. The molecule has 0 radical (unpaired) electrons. The lowest BCUT2D eigenvalue weighted by atomic mass is 9.83. The highest BCUT2D eigenvalue weighted by Gasteiger charge is 2.43. The Bertz CT molecular complexity index is 2810. The van der Waals surface area contributed by atoms with E-state index < -0.39 is 30.4 Å². The van der Waals surface area contributed by atoms with Gasteiger partial charge in [0.2, 0.25) is 0 Å². The maximum atomic E-state index is 13.2. The minimum Gasteiger partial charge on any atom is -0.387 e. The van der Waals surface area contributed by atoms with E-state index in [0.29, 0.717) is 19.8 Å². The molecular weight excluding hydrogens is 891 g/mol. The molecular formula is C65H63NO6. The van der Waals surface area contributed by atoms with Crippen molar-refractivity contribution >= 4 is 5.91 Å². The zero-order chi connectivity index (χ0) is 51.4. The first-order valence-electron chi connectivity index (χ1n) is 24.5. The molecule has 72 heavy (non-hydrogen) atoms. The largest absolute Gasteiger partial charge is 0.387 e. The molecule has 0 aliphatic carbocycles. The SMILES string of the molecule is CC#CC#CC#CC#CC#CC#CC#CC#CC#CC#CC#CC#CC(=O)N[C@@H](CO[C@@H]1OC(COCc2ccccc2)[C@H](C)[C@H](C)C1OCc1ccccc1)[C@H](O)/C=C/CCCCCCCCCCCC.